The number of rotatable bonds is 15. The molecule has 61 heavy (non-hydrogen) atoms. The predicted molar refractivity (Wildman–Crippen MR) is 227 cm³/mol. The molecule has 324 valence electrons. The van der Waals surface area contributed by atoms with E-state index < -0.39 is 5.97 Å². The number of amides is 1. The van der Waals surface area contributed by atoms with Crippen LogP contribution in [0.5, 0.6) is 23.0 Å². The summed E-state index contributed by atoms with van der Waals surface area (Å²) >= 11 is 0. The van der Waals surface area contributed by atoms with Crippen LogP contribution in [-0.4, -0.2) is 104 Å². The average molecular weight is 858 g/mol. The lowest BCUT2D eigenvalue weighted by atomic mass is 10.0. The summed E-state index contributed by atoms with van der Waals surface area (Å²) in [7, 11) is 7.61. The topological polar surface area (TPSA) is 227 Å². The number of esters is 1. The number of nitrogens with zero attached hydrogens (tertiary/aromatic N) is 4. The second-order valence-electron chi connectivity index (χ2n) is 12.4. The lowest BCUT2D eigenvalue weighted by Crippen LogP contribution is -3.00. The summed E-state index contributed by atoms with van der Waals surface area (Å²) in [6, 6.07) is 29.8. The number of aliphatic hydroxyl groups excluding tert-OH is 2. The fraction of sp³-hybridized carbons (Fsp3) is 0.227. The molecule has 4 aromatic carbocycles. The van der Waals surface area contributed by atoms with Crippen molar-refractivity contribution in [2.45, 2.75) is 6.42 Å². The second kappa shape index (κ2) is 25.7. The van der Waals surface area contributed by atoms with Gasteiger partial charge in [-0.05, 0) is 54.1 Å². The standard InChI is InChI=1S/C22H23N3O4.C20H19N3O4.C2H7NO.ClH.H2/c1-28-20-6-4-3-5-17(20)19-13-16(24-14-25-19)11-15-7-8-21(29-2)18(12-15)22(27)23-9-10-26;1-25-17-7-5-4-6-14(17)16-11-19(22-12-21-16)23-13-8-9-18(26-2)15(10-13)20(24)27-3;3-1-2-4;;/h3-8,12-14,26H,9-11H2,1-2H3,(H,23,27);4-12H,1-3H3,(H,21,22,23);4H,1-3H2;2*1H. The van der Waals surface area contributed by atoms with E-state index in [2.05, 4.69) is 25.3 Å². The molecule has 0 atom stereocenters. The number of ether oxygens (including phenoxy) is 5. The van der Waals surface area contributed by atoms with Crippen molar-refractivity contribution in [3.8, 4) is 45.5 Å². The normalized spacial score (nSPS) is 10.0. The Labute approximate surface area is 362 Å². The van der Waals surface area contributed by atoms with Gasteiger partial charge in [0.25, 0.3) is 5.91 Å². The van der Waals surface area contributed by atoms with E-state index in [1.54, 1.807) is 38.5 Å². The lowest BCUT2D eigenvalue weighted by Gasteiger charge is -2.11. The number of para-hydroxylation sites is 2. The zero-order valence-electron chi connectivity index (χ0n) is 34.5. The third-order valence-electron chi connectivity index (χ3n) is 8.54. The van der Waals surface area contributed by atoms with Gasteiger partial charge in [-0.2, -0.15) is 4.98 Å². The van der Waals surface area contributed by atoms with Gasteiger partial charge >= 0.3 is 5.97 Å². The molecule has 6 rings (SSSR count). The van der Waals surface area contributed by atoms with E-state index in [-0.39, 0.29) is 39.5 Å². The Hall–Kier alpha value is -6.69. The Balaban J connectivity index is 0.000000382. The van der Waals surface area contributed by atoms with E-state index in [0.29, 0.717) is 41.4 Å². The van der Waals surface area contributed by atoms with Crippen LogP contribution in [0.2, 0.25) is 0 Å². The molecule has 0 aliphatic heterocycles. The number of benzene rings is 4. The average Bonchev–Trinajstić information content (AvgIpc) is 3.30. The van der Waals surface area contributed by atoms with Crippen LogP contribution in [-0.2, 0) is 11.2 Å². The van der Waals surface area contributed by atoms with Crippen LogP contribution >= 0.6 is 0 Å². The zero-order chi connectivity index (χ0) is 43.3. The number of carbonyl (C=O) groups is 2. The Bertz CT molecular complexity index is 2320. The van der Waals surface area contributed by atoms with E-state index in [1.165, 1.54) is 34.0 Å². The number of quaternary nitrogens is 1. The molecule has 6 aromatic rings. The third kappa shape index (κ3) is 13.9. The summed E-state index contributed by atoms with van der Waals surface area (Å²) in [5.74, 6) is 2.35. The smallest absolute Gasteiger partial charge is 0.341 e. The van der Waals surface area contributed by atoms with E-state index >= 15 is 0 Å². The van der Waals surface area contributed by atoms with Gasteiger partial charge in [0.2, 0.25) is 5.82 Å². The summed E-state index contributed by atoms with van der Waals surface area (Å²) in [5.41, 5.74) is 11.3. The fourth-order valence-electron chi connectivity index (χ4n) is 5.72. The van der Waals surface area contributed by atoms with Crippen molar-refractivity contribution in [1.82, 2.24) is 25.3 Å². The zero-order valence-corrected chi connectivity index (χ0v) is 35.3. The summed E-state index contributed by atoms with van der Waals surface area (Å²) in [5, 5.41) is 21.2. The van der Waals surface area contributed by atoms with Crippen LogP contribution in [0.15, 0.2) is 110 Å². The van der Waals surface area contributed by atoms with Gasteiger partial charge in [0.1, 0.15) is 46.9 Å². The lowest BCUT2D eigenvalue weighted by molar-refractivity contribution is -0.483. The highest BCUT2D eigenvalue weighted by molar-refractivity contribution is 5.97. The molecular weight excluding hydrogens is 806 g/mol. The molecule has 17 heteroatoms. The van der Waals surface area contributed by atoms with E-state index in [4.69, 9.17) is 39.6 Å². The minimum atomic E-state index is -0.459. The maximum absolute atomic E-state index is 12.4. The van der Waals surface area contributed by atoms with Gasteiger partial charge in [-0.15, -0.1) is 0 Å². The number of aromatic nitrogens is 4. The second-order valence-corrected chi connectivity index (χ2v) is 12.4. The highest BCUT2D eigenvalue weighted by Crippen LogP contribution is 2.30. The Kier molecular flexibility index (Phi) is 20.5. The van der Waals surface area contributed by atoms with Crippen molar-refractivity contribution < 1.29 is 62.6 Å². The number of nitrogens with two attached hydrogens (primary N) is 2. The van der Waals surface area contributed by atoms with Crippen molar-refractivity contribution in [3.05, 3.63) is 132 Å². The summed E-state index contributed by atoms with van der Waals surface area (Å²) in [6.07, 6.45) is 3.54. The van der Waals surface area contributed by atoms with Gasteiger partial charge in [-0.1, -0.05) is 30.3 Å². The van der Waals surface area contributed by atoms with Gasteiger partial charge in [0.15, 0.2) is 0 Å². The maximum Gasteiger partial charge on any atom is 0.341 e. The molecule has 0 aliphatic carbocycles. The van der Waals surface area contributed by atoms with Crippen LogP contribution in [0, 0.1) is 0 Å². The molecule has 0 saturated heterocycles. The molecule has 0 fully saturated rings. The molecule has 2 heterocycles. The van der Waals surface area contributed by atoms with E-state index in [0.717, 1.165) is 51.0 Å². The number of hydrogen-bond acceptors (Lipinski definition) is 14. The monoisotopic (exact) mass is 857 g/mol. The van der Waals surface area contributed by atoms with Crippen molar-refractivity contribution in [2.24, 2.45) is 5.73 Å². The first-order valence-electron chi connectivity index (χ1n) is 18.6. The van der Waals surface area contributed by atoms with Gasteiger partial charge < -0.3 is 57.4 Å². The number of nitrogens with one attached hydrogen (secondary N) is 1. The van der Waals surface area contributed by atoms with Crippen LogP contribution in [0.25, 0.3) is 22.5 Å². The van der Waals surface area contributed by atoms with Crippen LogP contribution in [0.1, 0.15) is 33.4 Å². The molecule has 0 spiro atoms. The molecule has 1 amide bonds. The van der Waals surface area contributed by atoms with Crippen molar-refractivity contribution >= 4 is 23.4 Å². The first-order valence-corrected chi connectivity index (χ1v) is 18.6. The number of halogens is 1. The summed E-state index contributed by atoms with van der Waals surface area (Å²) < 4.78 is 26.2. The van der Waals surface area contributed by atoms with E-state index in [9.17, 15) is 9.59 Å². The van der Waals surface area contributed by atoms with Crippen LogP contribution in [0.4, 0.5) is 11.5 Å². The minimum absolute atomic E-state index is 0. The van der Waals surface area contributed by atoms with Crippen LogP contribution < -0.4 is 47.7 Å². The number of aliphatic hydroxyl groups is 2. The van der Waals surface area contributed by atoms with E-state index in [1.807, 2.05) is 78.1 Å². The third-order valence-corrected chi connectivity index (χ3v) is 8.54. The SMILES string of the molecule is COC(=O)c1cc([NH2+]c2cc(-c3ccccc3OC)ncn2)ccc1OC.COc1ccc(Cc2cc(-c3ccccc3OC)ncn2)cc1C(=O)NCCO.NCCO.[Cl-].[HH]. The van der Waals surface area contributed by atoms with Gasteiger partial charge in [0, 0.05) is 56.0 Å². The molecule has 2 aromatic heterocycles. The minimum Gasteiger partial charge on any atom is -1.00 e. The summed E-state index contributed by atoms with van der Waals surface area (Å²) in [6.45, 7) is 0.529. The largest absolute Gasteiger partial charge is 1.00 e. The summed E-state index contributed by atoms with van der Waals surface area (Å²) in [4.78, 5) is 41.7. The molecule has 0 radical (unpaired) electrons. The molecule has 16 nitrogen and oxygen atoms in total. The van der Waals surface area contributed by atoms with Gasteiger partial charge in [-0.3, -0.25) is 10.1 Å². The van der Waals surface area contributed by atoms with Crippen LogP contribution in [0.3, 0.4) is 0 Å². The molecule has 0 unspecified atom stereocenters. The van der Waals surface area contributed by atoms with Gasteiger partial charge in [-0.25, -0.2) is 19.7 Å². The number of hydrogen-bond donors (Lipinski definition) is 5. The Morgan fingerprint density at radius 1 is 0.672 bits per heavy atom. The highest BCUT2D eigenvalue weighted by atomic mass is 35.5. The van der Waals surface area contributed by atoms with Crippen molar-refractivity contribution in [1.29, 1.82) is 0 Å². The Morgan fingerprint density at radius 3 is 1.80 bits per heavy atom. The van der Waals surface area contributed by atoms with Crippen molar-refractivity contribution in [2.75, 3.05) is 61.9 Å². The predicted octanol–water partition coefficient (Wildman–Crippen LogP) is 1.14. The van der Waals surface area contributed by atoms with Crippen molar-refractivity contribution in [3.63, 3.8) is 0 Å². The molecular formula is C44H52ClN7O9. The highest BCUT2D eigenvalue weighted by Gasteiger charge is 2.17. The first-order chi connectivity index (χ1) is 29.2. The molecule has 0 saturated carbocycles. The maximum atomic E-state index is 12.4. The molecule has 0 bridgehead atoms. The Morgan fingerprint density at radius 2 is 1.23 bits per heavy atom. The molecule has 7 N–H and O–H groups in total. The van der Waals surface area contributed by atoms with Gasteiger partial charge in [0.05, 0.1) is 65.7 Å². The fourth-order valence-corrected chi connectivity index (χ4v) is 5.72. The molecule has 0 aliphatic rings. The quantitative estimate of drug-likeness (QED) is 0.0722. The number of methoxy groups -OCH3 is 5. The number of carbonyl (C=O) groups excluding carboxylic acids is 2. The first kappa shape index (κ1) is 48.7.